The summed E-state index contributed by atoms with van der Waals surface area (Å²) in [7, 11) is 0. The lowest BCUT2D eigenvalue weighted by molar-refractivity contribution is -0.384. The second-order valence-corrected chi connectivity index (χ2v) is 9.44. The van der Waals surface area contributed by atoms with Crippen LogP contribution in [0.25, 0.3) is 44.7 Å². The third-order valence-corrected chi connectivity index (χ3v) is 7.03. The summed E-state index contributed by atoms with van der Waals surface area (Å²) in [5.74, 6) is 0. The van der Waals surface area contributed by atoms with Crippen LogP contribution in [0.1, 0.15) is 12.5 Å². The van der Waals surface area contributed by atoms with Crippen molar-refractivity contribution in [2.24, 2.45) is 0 Å². The smallest absolute Gasteiger partial charge is 0.269 e. The quantitative estimate of drug-likeness (QED) is 0.229. The number of pyridine rings is 1. The molecule has 0 atom stereocenters. The first-order valence-corrected chi connectivity index (χ1v) is 12.8. The molecule has 6 rings (SSSR count). The van der Waals surface area contributed by atoms with E-state index in [9.17, 15) is 10.1 Å². The topological polar surface area (TPSA) is 102 Å². The van der Waals surface area contributed by atoms with Crippen molar-refractivity contribution >= 4 is 16.7 Å². The van der Waals surface area contributed by atoms with Crippen LogP contribution in [0.4, 0.5) is 5.69 Å². The minimum Gasteiger partial charge on any atom is -0.379 e. The van der Waals surface area contributed by atoms with Gasteiger partial charge in [0.2, 0.25) is 0 Å². The maximum atomic E-state index is 11.1. The van der Waals surface area contributed by atoms with Gasteiger partial charge in [0.25, 0.3) is 5.69 Å². The number of aromatic nitrogens is 4. The fourth-order valence-electron chi connectivity index (χ4n) is 4.96. The predicted molar refractivity (Wildman–Crippen MR) is 147 cm³/mol. The van der Waals surface area contributed by atoms with Gasteiger partial charge in [-0.25, -0.2) is 4.98 Å². The van der Waals surface area contributed by atoms with Gasteiger partial charge in [-0.3, -0.25) is 19.7 Å². The molecule has 0 amide bonds. The van der Waals surface area contributed by atoms with Gasteiger partial charge in [-0.2, -0.15) is 5.10 Å². The van der Waals surface area contributed by atoms with Crippen LogP contribution >= 0.6 is 0 Å². The fourth-order valence-corrected chi connectivity index (χ4v) is 4.96. The van der Waals surface area contributed by atoms with Gasteiger partial charge in [-0.1, -0.05) is 24.3 Å². The van der Waals surface area contributed by atoms with Gasteiger partial charge in [-0.05, 0) is 47.9 Å². The molecule has 38 heavy (non-hydrogen) atoms. The zero-order valence-corrected chi connectivity index (χ0v) is 21.1. The average Bonchev–Trinajstić information content (AvgIpc) is 3.59. The number of hydrogen-bond donors (Lipinski definition) is 1. The number of benzene rings is 2. The number of nitrogens with zero attached hydrogens (tertiary/aromatic N) is 5. The highest BCUT2D eigenvalue weighted by atomic mass is 16.6. The van der Waals surface area contributed by atoms with Gasteiger partial charge >= 0.3 is 0 Å². The molecule has 0 radical (unpaired) electrons. The number of nitro benzene ring substituents is 1. The lowest BCUT2D eigenvalue weighted by Crippen LogP contribution is -2.35. The Labute approximate surface area is 219 Å². The lowest BCUT2D eigenvalue weighted by atomic mass is 10.00. The van der Waals surface area contributed by atoms with E-state index in [1.165, 1.54) is 17.7 Å². The van der Waals surface area contributed by atoms with Crippen molar-refractivity contribution in [1.29, 1.82) is 0 Å². The Morgan fingerprint density at radius 2 is 1.74 bits per heavy atom. The van der Waals surface area contributed by atoms with Gasteiger partial charge in [0.15, 0.2) is 0 Å². The number of nitrogens with one attached hydrogen (secondary N) is 1. The van der Waals surface area contributed by atoms with Gasteiger partial charge in [0.05, 0.1) is 18.1 Å². The van der Waals surface area contributed by atoms with Crippen LogP contribution in [0, 0.1) is 10.1 Å². The highest BCUT2D eigenvalue weighted by molar-refractivity contribution is 5.99. The number of morpholine rings is 1. The van der Waals surface area contributed by atoms with Gasteiger partial charge < -0.3 is 9.72 Å². The molecule has 192 valence electrons. The molecule has 1 saturated heterocycles. The van der Waals surface area contributed by atoms with Crippen LogP contribution in [-0.4, -0.2) is 55.9 Å². The first-order chi connectivity index (χ1) is 18.6. The van der Waals surface area contributed by atoms with E-state index in [0.717, 1.165) is 77.5 Å². The Bertz CT molecular complexity index is 1580. The number of aromatic amines is 1. The SMILES string of the molecule is CCn1cc(-c2ccnc3[nH]c(-c4ccc(CN5CCOCC5)cc4)cc23)c(-c2ccc([N+](=O)[O-])cc2)n1. The molecular formula is C29H28N6O3. The van der Waals surface area contributed by atoms with Crippen molar-refractivity contribution < 1.29 is 9.66 Å². The third kappa shape index (κ3) is 4.69. The first kappa shape index (κ1) is 24.0. The Kier molecular flexibility index (Phi) is 6.45. The molecule has 0 aliphatic carbocycles. The summed E-state index contributed by atoms with van der Waals surface area (Å²) in [4.78, 5) is 21.2. The normalized spacial score (nSPS) is 14.2. The molecule has 9 nitrogen and oxygen atoms in total. The summed E-state index contributed by atoms with van der Waals surface area (Å²) < 4.78 is 7.34. The van der Waals surface area contributed by atoms with Crippen LogP contribution < -0.4 is 0 Å². The largest absolute Gasteiger partial charge is 0.379 e. The van der Waals surface area contributed by atoms with E-state index in [2.05, 4.69) is 45.2 Å². The second kappa shape index (κ2) is 10.2. The van der Waals surface area contributed by atoms with Crippen LogP contribution in [0.2, 0.25) is 0 Å². The number of non-ortho nitro benzene ring substituents is 1. The highest BCUT2D eigenvalue weighted by Gasteiger charge is 2.18. The fraction of sp³-hybridized carbons (Fsp3) is 0.241. The Morgan fingerprint density at radius 3 is 2.45 bits per heavy atom. The van der Waals surface area contributed by atoms with Gasteiger partial charge in [0, 0.05) is 72.9 Å². The Morgan fingerprint density at radius 1 is 1.00 bits per heavy atom. The second-order valence-electron chi connectivity index (χ2n) is 9.44. The van der Waals surface area contributed by atoms with E-state index in [0.29, 0.717) is 6.54 Å². The molecule has 9 heteroatoms. The average molecular weight is 509 g/mol. The molecule has 0 spiro atoms. The van der Waals surface area contributed by atoms with Crippen molar-refractivity contribution in [1.82, 2.24) is 24.6 Å². The minimum atomic E-state index is -0.391. The molecule has 1 aliphatic heterocycles. The number of aryl methyl sites for hydroxylation is 1. The van der Waals surface area contributed by atoms with E-state index < -0.39 is 4.92 Å². The number of hydrogen-bond acceptors (Lipinski definition) is 6. The van der Waals surface area contributed by atoms with Crippen molar-refractivity contribution in [3.8, 4) is 33.6 Å². The third-order valence-electron chi connectivity index (χ3n) is 7.03. The van der Waals surface area contributed by atoms with E-state index in [-0.39, 0.29) is 5.69 Å². The minimum absolute atomic E-state index is 0.0581. The van der Waals surface area contributed by atoms with E-state index in [1.807, 2.05) is 23.9 Å². The van der Waals surface area contributed by atoms with Crippen molar-refractivity contribution in [2.75, 3.05) is 26.3 Å². The molecule has 1 N–H and O–H groups in total. The molecule has 0 saturated carbocycles. The number of H-pyrrole nitrogens is 1. The monoisotopic (exact) mass is 508 g/mol. The highest BCUT2D eigenvalue weighted by Crippen LogP contribution is 2.37. The molecule has 1 aliphatic rings. The van der Waals surface area contributed by atoms with E-state index in [1.54, 1.807) is 18.3 Å². The van der Waals surface area contributed by atoms with E-state index >= 15 is 0 Å². The molecule has 4 heterocycles. The van der Waals surface area contributed by atoms with Crippen molar-refractivity contribution in [2.45, 2.75) is 20.0 Å². The zero-order chi connectivity index (χ0) is 26.1. The van der Waals surface area contributed by atoms with Crippen LogP contribution in [0.15, 0.2) is 73.1 Å². The molecular weight excluding hydrogens is 480 g/mol. The Balaban J connectivity index is 1.34. The molecule has 5 aromatic rings. The van der Waals surface area contributed by atoms with Crippen LogP contribution in [0.3, 0.4) is 0 Å². The summed E-state index contributed by atoms with van der Waals surface area (Å²) in [6, 6.07) is 19.3. The first-order valence-electron chi connectivity index (χ1n) is 12.8. The standard InChI is InChI=1S/C29H28N6O3/c1-2-34-19-26(28(32-34)22-7-9-23(10-8-22)35(36)37)24-11-12-30-29-25(24)17-27(31-29)21-5-3-20(4-6-21)18-33-13-15-38-16-14-33/h3-12,17,19H,2,13-16,18H2,1H3,(H,30,31). The van der Waals surface area contributed by atoms with E-state index in [4.69, 9.17) is 9.84 Å². The van der Waals surface area contributed by atoms with Crippen LogP contribution in [-0.2, 0) is 17.8 Å². The van der Waals surface area contributed by atoms with Gasteiger partial charge in [-0.15, -0.1) is 0 Å². The molecule has 0 unspecified atom stereocenters. The van der Waals surface area contributed by atoms with Gasteiger partial charge in [0.1, 0.15) is 11.3 Å². The van der Waals surface area contributed by atoms with Crippen LogP contribution in [0.5, 0.6) is 0 Å². The number of fused-ring (bicyclic) bond motifs is 1. The summed E-state index contributed by atoms with van der Waals surface area (Å²) in [5.41, 5.74) is 7.81. The molecule has 3 aromatic heterocycles. The maximum Gasteiger partial charge on any atom is 0.269 e. The lowest BCUT2D eigenvalue weighted by Gasteiger charge is -2.26. The summed E-state index contributed by atoms with van der Waals surface area (Å²) in [6.07, 6.45) is 3.82. The number of ether oxygens (including phenoxy) is 1. The molecule has 1 fully saturated rings. The maximum absolute atomic E-state index is 11.1. The number of rotatable bonds is 7. The molecule has 2 aromatic carbocycles. The Hall–Kier alpha value is -4.34. The summed E-state index contributed by atoms with van der Waals surface area (Å²) in [5, 5.41) is 16.9. The predicted octanol–water partition coefficient (Wildman–Crippen LogP) is 5.52. The summed E-state index contributed by atoms with van der Waals surface area (Å²) >= 11 is 0. The number of nitro groups is 1. The van der Waals surface area contributed by atoms with Crippen molar-refractivity contribution in [3.63, 3.8) is 0 Å². The molecule has 0 bridgehead atoms. The van der Waals surface area contributed by atoms with Crippen molar-refractivity contribution in [3.05, 3.63) is 88.7 Å². The zero-order valence-electron chi connectivity index (χ0n) is 21.1. The summed E-state index contributed by atoms with van der Waals surface area (Å²) in [6.45, 7) is 7.20.